The van der Waals surface area contributed by atoms with Gasteiger partial charge in [-0.05, 0) is 44.9 Å². The predicted octanol–water partition coefficient (Wildman–Crippen LogP) is 3.49. The fraction of sp³-hybridized carbons (Fsp3) is 0.600. The number of nitrogens with one attached hydrogen (secondary N) is 1. The van der Waals surface area contributed by atoms with Crippen LogP contribution in [0.25, 0.3) is 0 Å². The van der Waals surface area contributed by atoms with E-state index in [0.29, 0.717) is 12.1 Å². The van der Waals surface area contributed by atoms with Crippen molar-refractivity contribution in [1.29, 1.82) is 0 Å². The molecule has 0 radical (unpaired) electrons. The van der Waals surface area contributed by atoms with Gasteiger partial charge in [0, 0.05) is 5.56 Å². The van der Waals surface area contributed by atoms with Crippen molar-refractivity contribution in [3.63, 3.8) is 0 Å². The van der Waals surface area contributed by atoms with Gasteiger partial charge in [0.1, 0.15) is 11.6 Å². The van der Waals surface area contributed by atoms with E-state index in [1.165, 1.54) is 12.1 Å². The first-order chi connectivity index (χ1) is 9.04. The van der Waals surface area contributed by atoms with Gasteiger partial charge < -0.3 is 10.1 Å². The lowest BCUT2D eigenvalue weighted by molar-refractivity contribution is 0.0303. The van der Waals surface area contributed by atoms with Crippen molar-refractivity contribution in [2.45, 2.75) is 51.9 Å². The molecule has 0 spiro atoms. The first kappa shape index (κ1) is 14.4. The molecule has 3 unspecified atom stereocenters. The highest BCUT2D eigenvalue weighted by molar-refractivity contribution is 5.30. The van der Waals surface area contributed by atoms with Crippen LogP contribution in [0.5, 0.6) is 0 Å². The summed E-state index contributed by atoms with van der Waals surface area (Å²) >= 11 is 0. The summed E-state index contributed by atoms with van der Waals surface area (Å²) in [5.41, 5.74) is 0.575. The van der Waals surface area contributed by atoms with Crippen molar-refractivity contribution in [3.8, 4) is 0 Å². The zero-order chi connectivity index (χ0) is 14.0. The van der Waals surface area contributed by atoms with Crippen LogP contribution in [0.3, 0.4) is 0 Å². The lowest BCUT2D eigenvalue weighted by Crippen LogP contribution is -2.33. The molecule has 1 aromatic rings. The summed E-state index contributed by atoms with van der Waals surface area (Å²) in [7, 11) is 0. The molecule has 1 aliphatic rings. The van der Waals surface area contributed by atoms with Crippen molar-refractivity contribution in [2.75, 3.05) is 6.54 Å². The Morgan fingerprint density at radius 2 is 2.11 bits per heavy atom. The summed E-state index contributed by atoms with van der Waals surface area (Å²) in [6.07, 6.45) is 1.75. The number of ether oxygens (including phenoxy) is 1. The van der Waals surface area contributed by atoms with Gasteiger partial charge in [-0.15, -0.1) is 0 Å². The maximum atomic E-state index is 14.3. The summed E-state index contributed by atoms with van der Waals surface area (Å²) in [6, 6.07) is 2.38. The molecule has 3 atom stereocenters. The maximum Gasteiger partial charge on any atom is 0.133 e. The van der Waals surface area contributed by atoms with Gasteiger partial charge in [-0.2, -0.15) is 0 Å². The van der Waals surface area contributed by atoms with E-state index in [1.54, 1.807) is 6.92 Å². The lowest BCUT2D eigenvalue weighted by atomic mass is 9.96. The summed E-state index contributed by atoms with van der Waals surface area (Å²) < 4.78 is 34.1. The number of rotatable bonds is 4. The summed E-state index contributed by atoms with van der Waals surface area (Å²) in [6.45, 7) is 6.22. The number of likely N-dealkylation sites (N-methyl/N-ethyl adjacent to an activating group) is 1. The molecule has 1 saturated heterocycles. The fourth-order valence-corrected chi connectivity index (χ4v) is 2.68. The Hall–Kier alpha value is -1.00. The van der Waals surface area contributed by atoms with E-state index < -0.39 is 17.7 Å². The van der Waals surface area contributed by atoms with E-state index in [9.17, 15) is 8.78 Å². The number of halogens is 2. The van der Waals surface area contributed by atoms with Crippen molar-refractivity contribution in [2.24, 2.45) is 0 Å². The first-order valence-electron chi connectivity index (χ1n) is 6.88. The third-order valence-corrected chi connectivity index (χ3v) is 3.69. The molecule has 1 aliphatic heterocycles. The van der Waals surface area contributed by atoms with Crippen LogP contribution >= 0.6 is 0 Å². The Morgan fingerprint density at radius 1 is 1.37 bits per heavy atom. The Labute approximate surface area is 113 Å². The Kier molecular flexibility index (Phi) is 4.53. The molecule has 0 bridgehead atoms. The van der Waals surface area contributed by atoms with Crippen LogP contribution in [-0.4, -0.2) is 18.8 Å². The van der Waals surface area contributed by atoms with E-state index in [-0.39, 0.29) is 17.8 Å². The molecule has 0 aromatic heterocycles. The largest absolute Gasteiger partial charge is 0.373 e. The van der Waals surface area contributed by atoms with E-state index in [4.69, 9.17) is 4.74 Å². The first-order valence-corrected chi connectivity index (χ1v) is 6.88. The fourth-order valence-electron chi connectivity index (χ4n) is 2.68. The zero-order valence-electron chi connectivity index (χ0n) is 11.7. The molecule has 4 heteroatoms. The van der Waals surface area contributed by atoms with Gasteiger partial charge in [-0.25, -0.2) is 8.78 Å². The second-order valence-electron chi connectivity index (χ2n) is 5.19. The van der Waals surface area contributed by atoms with Gasteiger partial charge in [0.2, 0.25) is 0 Å². The highest BCUT2D eigenvalue weighted by Gasteiger charge is 2.33. The smallest absolute Gasteiger partial charge is 0.133 e. The molecular weight excluding hydrogens is 248 g/mol. The molecule has 106 valence electrons. The lowest BCUT2D eigenvalue weighted by Gasteiger charge is -2.26. The average Bonchev–Trinajstić information content (AvgIpc) is 2.80. The Bertz CT molecular complexity index is 450. The second kappa shape index (κ2) is 5.97. The summed E-state index contributed by atoms with van der Waals surface area (Å²) in [5, 5.41) is 3.17. The normalized spacial score (nSPS) is 24.7. The van der Waals surface area contributed by atoms with Crippen LogP contribution in [0.1, 0.15) is 43.9 Å². The van der Waals surface area contributed by atoms with Gasteiger partial charge in [0.15, 0.2) is 0 Å². The predicted molar refractivity (Wildman–Crippen MR) is 71.1 cm³/mol. The molecule has 0 aliphatic carbocycles. The number of aryl methyl sites for hydroxylation is 1. The Balaban J connectivity index is 2.36. The topological polar surface area (TPSA) is 21.3 Å². The van der Waals surface area contributed by atoms with Gasteiger partial charge >= 0.3 is 0 Å². The summed E-state index contributed by atoms with van der Waals surface area (Å²) in [5.74, 6) is -0.966. The quantitative estimate of drug-likeness (QED) is 0.903. The van der Waals surface area contributed by atoms with E-state index in [1.807, 2.05) is 13.8 Å². The van der Waals surface area contributed by atoms with Gasteiger partial charge in [0.05, 0.1) is 18.2 Å². The van der Waals surface area contributed by atoms with E-state index >= 15 is 0 Å². The number of hydrogen-bond acceptors (Lipinski definition) is 2. The van der Waals surface area contributed by atoms with Crippen molar-refractivity contribution in [1.82, 2.24) is 5.32 Å². The second-order valence-corrected chi connectivity index (χ2v) is 5.19. The number of benzene rings is 1. The molecule has 0 saturated carbocycles. The van der Waals surface area contributed by atoms with Crippen molar-refractivity contribution < 1.29 is 13.5 Å². The molecular formula is C15H21F2NO. The Morgan fingerprint density at radius 3 is 2.68 bits per heavy atom. The van der Waals surface area contributed by atoms with Crippen LogP contribution < -0.4 is 5.32 Å². The minimum Gasteiger partial charge on any atom is -0.373 e. The van der Waals surface area contributed by atoms with Crippen molar-refractivity contribution >= 4 is 0 Å². The maximum absolute atomic E-state index is 14.3. The third kappa shape index (κ3) is 2.95. The van der Waals surface area contributed by atoms with Crippen LogP contribution in [0, 0.1) is 18.6 Å². The standard InChI is InChI=1S/C15H21F2NO/c1-4-18-15(12-8-6-10(3)19-12)13-11(16)7-5-9(2)14(13)17/h5,7,10,12,15,18H,4,6,8H2,1-3H3. The highest BCUT2D eigenvalue weighted by Crippen LogP contribution is 2.33. The molecule has 2 nitrogen and oxygen atoms in total. The molecule has 1 fully saturated rings. The minimum atomic E-state index is -0.503. The monoisotopic (exact) mass is 269 g/mol. The molecule has 19 heavy (non-hydrogen) atoms. The third-order valence-electron chi connectivity index (χ3n) is 3.69. The minimum absolute atomic E-state index is 0.112. The molecule has 1 aromatic carbocycles. The zero-order valence-corrected chi connectivity index (χ0v) is 11.7. The van der Waals surface area contributed by atoms with E-state index in [2.05, 4.69) is 5.32 Å². The van der Waals surface area contributed by atoms with Crippen LogP contribution in [-0.2, 0) is 4.74 Å². The van der Waals surface area contributed by atoms with E-state index in [0.717, 1.165) is 12.8 Å². The molecule has 1 N–H and O–H groups in total. The molecule has 0 amide bonds. The molecule has 2 rings (SSSR count). The van der Waals surface area contributed by atoms with Gasteiger partial charge in [0.25, 0.3) is 0 Å². The number of hydrogen-bond donors (Lipinski definition) is 1. The highest BCUT2D eigenvalue weighted by atomic mass is 19.1. The summed E-state index contributed by atoms with van der Waals surface area (Å²) in [4.78, 5) is 0. The van der Waals surface area contributed by atoms with Gasteiger partial charge in [-0.3, -0.25) is 0 Å². The molecule has 1 heterocycles. The SMILES string of the molecule is CCNC(c1c(F)ccc(C)c1F)C1CCC(C)O1. The van der Waals surface area contributed by atoms with Crippen LogP contribution in [0.4, 0.5) is 8.78 Å². The van der Waals surface area contributed by atoms with Crippen LogP contribution in [0.2, 0.25) is 0 Å². The van der Waals surface area contributed by atoms with Crippen LogP contribution in [0.15, 0.2) is 12.1 Å². The van der Waals surface area contributed by atoms with Crippen molar-refractivity contribution in [3.05, 3.63) is 34.9 Å². The van der Waals surface area contributed by atoms with Gasteiger partial charge in [-0.1, -0.05) is 13.0 Å². The average molecular weight is 269 g/mol.